The number of ether oxygens (including phenoxy) is 1. The van der Waals surface area contributed by atoms with E-state index in [1.807, 2.05) is 13.8 Å². The molecule has 0 fully saturated rings. The molecule has 0 aliphatic rings. The molecule has 5 heteroatoms. The van der Waals surface area contributed by atoms with Gasteiger partial charge in [0.1, 0.15) is 11.4 Å². The van der Waals surface area contributed by atoms with Crippen LogP contribution in [0, 0.1) is 0 Å². The van der Waals surface area contributed by atoms with Gasteiger partial charge < -0.3 is 4.74 Å². The van der Waals surface area contributed by atoms with Gasteiger partial charge in [-0.1, -0.05) is 0 Å². The SMILES string of the molecule is COc1ccc(C(=O)c2c(Br)cnn2C(C)C)cc1. The maximum absolute atomic E-state index is 12.5. The first kappa shape index (κ1) is 13.8. The van der Waals surface area contributed by atoms with E-state index in [4.69, 9.17) is 4.74 Å². The van der Waals surface area contributed by atoms with Gasteiger partial charge in [0.05, 0.1) is 17.8 Å². The van der Waals surface area contributed by atoms with Crippen molar-refractivity contribution in [2.24, 2.45) is 0 Å². The second-order valence-corrected chi connectivity index (χ2v) is 5.29. The summed E-state index contributed by atoms with van der Waals surface area (Å²) in [5.41, 5.74) is 1.18. The topological polar surface area (TPSA) is 44.1 Å². The van der Waals surface area contributed by atoms with Crippen molar-refractivity contribution < 1.29 is 9.53 Å². The van der Waals surface area contributed by atoms with Gasteiger partial charge in [0.2, 0.25) is 5.78 Å². The molecule has 0 amide bonds. The van der Waals surface area contributed by atoms with Crippen LogP contribution in [-0.2, 0) is 0 Å². The molecule has 0 atom stereocenters. The number of carbonyl (C=O) groups is 1. The Bertz CT molecular complexity index is 588. The summed E-state index contributed by atoms with van der Waals surface area (Å²) in [5.74, 6) is 0.675. The summed E-state index contributed by atoms with van der Waals surface area (Å²) < 4.78 is 7.52. The molecule has 0 aliphatic carbocycles. The number of ketones is 1. The third-order valence-corrected chi connectivity index (χ3v) is 3.39. The minimum absolute atomic E-state index is 0.0549. The summed E-state index contributed by atoms with van der Waals surface area (Å²) in [6.07, 6.45) is 1.65. The van der Waals surface area contributed by atoms with Crippen molar-refractivity contribution in [2.45, 2.75) is 19.9 Å². The predicted molar refractivity (Wildman–Crippen MR) is 76.7 cm³/mol. The second kappa shape index (κ2) is 5.57. The average molecular weight is 323 g/mol. The molecule has 0 unspecified atom stereocenters. The van der Waals surface area contributed by atoms with E-state index >= 15 is 0 Å². The van der Waals surface area contributed by atoms with Gasteiger partial charge in [-0.05, 0) is 54.0 Å². The van der Waals surface area contributed by atoms with Gasteiger partial charge in [0.25, 0.3) is 0 Å². The summed E-state index contributed by atoms with van der Waals surface area (Å²) in [7, 11) is 1.60. The monoisotopic (exact) mass is 322 g/mol. The zero-order valence-corrected chi connectivity index (χ0v) is 12.6. The molecule has 19 heavy (non-hydrogen) atoms. The van der Waals surface area contributed by atoms with Crippen molar-refractivity contribution in [1.29, 1.82) is 0 Å². The molecule has 0 bridgehead atoms. The largest absolute Gasteiger partial charge is 0.497 e. The molecule has 0 N–H and O–H groups in total. The molecule has 2 rings (SSSR count). The average Bonchev–Trinajstić information content (AvgIpc) is 2.80. The zero-order chi connectivity index (χ0) is 14.0. The molecule has 0 spiro atoms. The van der Waals surface area contributed by atoms with Crippen LogP contribution in [0.1, 0.15) is 35.9 Å². The van der Waals surface area contributed by atoms with Crippen LogP contribution in [0.5, 0.6) is 5.75 Å². The van der Waals surface area contributed by atoms with Crippen molar-refractivity contribution in [1.82, 2.24) is 9.78 Å². The fraction of sp³-hybridized carbons (Fsp3) is 0.286. The van der Waals surface area contributed by atoms with E-state index < -0.39 is 0 Å². The van der Waals surface area contributed by atoms with Gasteiger partial charge in [-0.2, -0.15) is 5.10 Å². The summed E-state index contributed by atoms with van der Waals surface area (Å²) in [6, 6.07) is 7.19. The number of methoxy groups -OCH3 is 1. The van der Waals surface area contributed by atoms with E-state index in [-0.39, 0.29) is 11.8 Å². The minimum atomic E-state index is -0.0549. The zero-order valence-electron chi connectivity index (χ0n) is 11.1. The number of hydrogen-bond donors (Lipinski definition) is 0. The van der Waals surface area contributed by atoms with E-state index in [1.54, 1.807) is 42.3 Å². The first-order valence-electron chi connectivity index (χ1n) is 5.96. The summed E-state index contributed by atoms with van der Waals surface area (Å²) in [6.45, 7) is 3.98. The molecule has 0 aliphatic heterocycles. The Morgan fingerprint density at radius 2 is 1.95 bits per heavy atom. The summed E-state index contributed by atoms with van der Waals surface area (Å²) in [4.78, 5) is 12.5. The molecule has 0 saturated carbocycles. The van der Waals surface area contributed by atoms with Crippen molar-refractivity contribution in [3.8, 4) is 5.75 Å². The number of benzene rings is 1. The van der Waals surface area contributed by atoms with Gasteiger partial charge in [-0.15, -0.1) is 0 Å². The first-order chi connectivity index (χ1) is 9.04. The number of carbonyl (C=O) groups excluding carboxylic acids is 1. The minimum Gasteiger partial charge on any atom is -0.497 e. The molecule has 100 valence electrons. The fourth-order valence-corrected chi connectivity index (χ4v) is 2.28. The van der Waals surface area contributed by atoms with Crippen LogP contribution in [0.3, 0.4) is 0 Å². The summed E-state index contributed by atoms with van der Waals surface area (Å²) >= 11 is 3.38. The van der Waals surface area contributed by atoms with E-state index in [0.29, 0.717) is 15.7 Å². The Morgan fingerprint density at radius 3 is 2.47 bits per heavy atom. The molecule has 1 aromatic heterocycles. The van der Waals surface area contributed by atoms with Crippen molar-refractivity contribution in [3.05, 3.63) is 46.2 Å². The maximum Gasteiger partial charge on any atom is 0.212 e. The van der Waals surface area contributed by atoms with Crippen LogP contribution in [0.4, 0.5) is 0 Å². The number of rotatable bonds is 4. The smallest absolute Gasteiger partial charge is 0.212 e. The highest BCUT2D eigenvalue weighted by Gasteiger charge is 2.20. The van der Waals surface area contributed by atoms with E-state index in [2.05, 4.69) is 21.0 Å². The van der Waals surface area contributed by atoms with Gasteiger partial charge in [-0.3, -0.25) is 9.48 Å². The van der Waals surface area contributed by atoms with Crippen LogP contribution in [0.15, 0.2) is 34.9 Å². The van der Waals surface area contributed by atoms with Gasteiger partial charge >= 0.3 is 0 Å². The van der Waals surface area contributed by atoms with E-state index in [0.717, 1.165) is 5.75 Å². The molecule has 0 saturated heterocycles. The third kappa shape index (κ3) is 2.71. The lowest BCUT2D eigenvalue weighted by Crippen LogP contribution is -2.13. The highest BCUT2D eigenvalue weighted by atomic mass is 79.9. The highest BCUT2D eigenvalue weighted by molar-refractivity contribution is 9.10. The molecule has 1 aromatic carbocycles. The van der Waals surface area contributed by atoms with Gasteiger partial charge in [0.15, 0.2) is 0 Å². The Balaban J connectivity index is 2.40. The number of nitrogens with zero attached hydrogens (tertiary/aromatic N) is 2. The van der Waals surface area contributed by atoms with E-state index in [9.17, 15) is 4.79 Å². The van der Waals surface area contributed by atoms with Crippen LogP contribution >= 0.6 is 15.9 Å². The quantitative estimate of drug-likeness (QED) is 0.809. The van der Waals surface area contributed by atoms with Gasteiger partial charge in [-0.25, -0.2) is 0 Å². The third-order valence-electron chi connectivity index (χ3n) is 2.81. The standard InChI is InChI=1S/C14H15BrN2O2/c1-9(2)17-13(12(15)8-16-17)14(18)10-4-6-11(19-3)7-5-10/h4-9H,1-3H3. The second-order valence-electron chi connectivity index (χ2n) is 4.44. The molecular weight excluding hydrogens is 308 g/mol. The Kier molecular flexibility index (Phi) is 4.04. The van der Waals surface area contributed by atoms with Crippen molar-refractivity contribution in [3.63, 3.8) is 0 Å². The lowest BCUT2D eigenvalue weighted by molar-refractivity contribution is 0.102. The van der Waals surface area contributed by atoms with Crippen molar-refractivity contribution >= 4 is 21.7 Å². The highest BCUT2D eigenvalue weighted by Crippen LogP contribution is 2.23. The Morgan fingerprint density at radius 1 is 1.32 bits per heavy atom. The molecule has 2 aromatic rings. The maximum atomic E-state index is 12.5. The lowest BCUT2D eigenvalue weighted by Gasteiger charge is -2.10. The first-order valence-corrected chi connectivity index (χ1v) is 6.75. The van der Waals surface area contributed by atoms with Crippen molar-refractivity contribution in [2.75, 3.05) is 7.11 Å². The molecule has 4 nitrogen and oxygen atoms in total. The molecular formula is C14H15BrN2O2. The number of halogens is 1. The van der Waals surface area contributed by atoms with E-state index in [1.165, 1.54) is 0 Å². The lowest BCUT2D eigenvalue weighted by atomic mass is 10.1. The molecule has 0 radical (unpaired) electrons. The number of hydrogen-bond acceptors (Lipinski definition) is 3. The van der Waals surface area contributed by atoms with Crippen LogP contribution in [0.2, 0.25) is 0 Å². The van der Waals surface area contributed by atoms with Gasteiger partial charge in [0, 0.05) is 11.6 Å². The predicted octanol–water partition coefficient (Wildman–Crippen LogP) is 3.47. The number of aromatic nitrogens is 2. The van der Waals surface area contributed by atoms with Crippen LogP contribution in [-0.4, -0.2) is 22.7 Å². The Labute approximate surface area is 120 Å². The molecule has 1 heterocycles. The van der Waals surface area contributed by atoms with Crippen LogP contribution < -0.4 is 4.74 Å². The normalized spacial score (nSPS) is 10.8. The fourth-order valence-electron chi connectivity index (χ4n) is 1.82. The Hall–Kier alpha value is -1.62. The van der Waals surface area contributed by atoms with Crippen LogP contribution in [0.25, 0.3) is 0 Å². The summed E-state index contributed by atoms with van der Waals surface area (Å²) in [5, 5.41) is 4.22.